The van der Waals surface area contributed by atoms with Crippen LogP contribution >= 0.6 is 23.2 Å². The first-order valence-electron chi connectivity index (χ1n) is 5.87. The van der Waals surface area contributed by atoms with Gasteiger partial charge in [0.1, 0.15) is 0 Å². The van der Waals surface area contributed by atoms with Crippen LogP contribution in [0.2, 0.25) is 10.0 Å². The van der Waals surface area contributed by atoms with E-state index in [1.54, 1.807) is 6.07 Å². The maximum Gasteiger partial charge on any atom is 0.0551 e. The molecule has 1 fully saturated rings. The molecule has 2 rings (SSSR count). The van der Waals surface area contributed by atoms with Crippen molar-refractivity contribution in [2.75, 3.05) is 6.61 Å². The molecular formula is C13H17Cl2NO. The van der Waals surface area contributed by atoms with E-state index in [1.807, 2.05) is 12.1 Å². The van der Waals surface area contributed by atoms with Crippen molar-refractivity contribution in [1.82, 2.24) is 0 Å². The normalized spacial score (nSPS) is 26.1. The predicted molar refractivity (Wildman–Crippen MR) is 71.7 cm³/mol. The van der Waals surface area contributed by atoms with E-state index < -0.39 is 0 Å². The van der Waals surface area contributed by atoms with Crippen LogP contribution in [0.25, 0.3) is 0 Å². The summed E-state index contributed by atoms with van der Waals surface area (Å²) >= 11 is 12.1. The van der Waals surface area contributed by atoms with Crippen LogP contribution in [0.4, 0.5) is 0 Å². The Morgan fingerprint density at radius 3 is 2.88 bits per heavy atom. The van der Waals surface area contributed by atoms with E-state index in [4.69, 9.17) is 33.7 Å². The number of hydrogen-bond acceptors (Lipinski definition) is 2. The van der Waals surface area contributed by atoms with Gasteiger partial charge in [-0.3, -0.25) is 0 Å². The number of nitrogens with two attached hydrogens (primary N) is 1. The summed E-state index contributed by atoms with van der Waals surface area (Å²) in [4.78, 5) is 0. The van der Waals surface area contributed by atoms with Crippen LogP contribution in [0.1, 0.15) is 18.9 Å². The van der Waals surface area contributed by atoms with Crippen molar-refractivity contribution >= 4 is 23.2 Å². The van der Waals surface area contributed by atoms with Crippen molar-refractivity contribution in [3.63, 3.8) is 0 Å². The van der Waals surface area contributed by atoms with Crippen molar-refractivity contribution in [2.45, 2.75) is 31.9 Å². The highest BCUT2D eigenvalue weighted by atomic mass is 35.5. The summed E-state index contributed by atoms with van der Waals surface area (Å²) in [7, 11) is 0. The zero-order valence-corrected chi connectivity index (χ0v) is 11.3. The summed E-state index contributed by atoms with van der Waals surface area (Å²) in [5, 5.41) is 1.43. The maximum absolute atomic E-state index is 6.21. The molecule has 1 heterocycles. The molecule has 1 aliphatic rings. The summed E-state index contributed by atoms with van der Waals surface area (Å²) in [5.41, 5.74) is 7.23. The maximum atomic E-state index is 6.21. The lowest BCUT2D eigenvalue weighted by Crippen LogP contribution is -2.32. The zero-order chi connectivity index (χ0) is 12.4. The molecule has 3 atom stereocenters. The van der Waals surface area contributed by atoms with Gasteiger partial charge in [0.25, 0.3) is 0 Å². The molecule has 2 nitrogen and oxygen atoms in total. The lowest BCUT2D eigenvalue weighted by Gasteiger charge is -2.18. The third-order valence-corrected chi connectivity index (χ3v) is 3.90. The Bertz CT molecular complexity index is 397. The standard InChI is InChI=1S/C13H17Cl2NO/c1-8-4-10(7-17-8)13(16)6-9-5-11(14)2-3-12(9)15/h2-3,5,8,10,13H,4,6-7,16H2,1H3. The van der Waals surface area contributed by atoms with Crippen molar-refractivity contribution in [2.24, 2.45) is 11.7 Å². The van der Waals surface area contributed by atoms with Gasteiger partial charge in [-0.05, 0) is 43.5 Å². The van der Waals surface area contributed by atoms with Crippen LogP contribution in [0.15, 0.2) is 18.2 Å². The molecular weight excluding hydrogens is 257 g/mol. The number of ether oxygens (including phenoxy) is 1. The van der Waals surface area contributed by atoms with E-state index in [0.29, 0.717) is 17.0 Å². The molecule has 4 heteroatoms. The molecule has 0 amide bonds. The first kappa shape index (κ1) is 13.2. The smallest absolute Gasteiger partial charge is 0.0551 e. The fraction of sp³-hybridized carbons (Fsp3) is 0.538. The Hall–Kier alpha value is -0.280. The quantitative estimate of drug-likeness (QED) is 0.918. The molecule has 1 aliphatic heterocycles. The average Bonchev–Trinajstić information content (AvgIpc) is 2.70. The van der Waals surface area contributed by atoms with Crippen molar-refractivity contribution in [1.29, 1.82) is 0 Å². The summed E-state index contributed by atoms with van der Waals surface area (Å²) in [6, 6.07) is 5.58. The molecule has 0 spiro atoms. The molecule has 2 N–H and O–H groups in total. The second kappa shape index (κ2) is 5.57. The van der Waals surface area contributed by atoms with Crippen LogP contribution in [0.3, 0.4) is 0 Å². The highest BCUT2D eigenvalue weighted by Crippen LogP contribution is 2.26. The van der Waals surface area contributed by atoms with Gasteiger partial charge in [-0.25, -0.2) is 0 Å². The van der Waals surface area contributed by atoms with Crippen molar-refractivity contribution in [3.8, 4) is 0 Å². The van der Waals surface area contributed by atoms with Crippen LogP contribution < -0.4 is 5.73 Å². The minimum absolute atomic E-state index is 0.0796. The van der Waals surface area contributed by atoms with E-state index >= 15 is 0 Å². The largest absolute Gasteiger partial charge is 0.378 e. The van der Waals surface area contributed by atoms with E-state index in [2.05, 4.69) is 6.92 Å². The van der Waals surface area contributed by atoms with Crippen LogP contribution in [-0.2, 0) is 11.2 Å². The molecule has 0 aliphatic carbocycles. The number of halogens is 2. The topological polar surface area (TPSA) is 35.2 Å². The van der Waals surface area contributed by atoms with E-state index in [1.165, 1.54) is 0 Å². The Morgan fingerprint density at radius 1 is 1.47 bits per heavy atom. The second-order valence-electron chi connectivity index (χ2n) is 4.74. The molecule has 0 bridgehead atoms. The van der Waals surface area contributed by atoms with Crippen molar-refractivity contribution in [3.05, 3.63) is 33.8 Å². The molecule has 1 saturated heterocycles. The van der Waals surface area contributed by atoms with Gasteiger partial charge in [-0.2, -0.15) is 0 Å². The van der Waals surface area contributed by atoms with Crippen LogP contribution in [0.5, 0.6) is 0 Å². The Morgan fingerprint density at radius 2 is 2.24 bits per heavy atom. The molecule has 0 aromatic heterocycles. The molecule has 17 heavy (non-hydrogen) atoms. The molecule has 0 saturated carbocycles. The van der Waals surface area contributed by atoms with Gasteiger partial charge in [-0.15, -0.1) is 0 Å². The number of hydrogen-bond donors (Lipinski definition) is 1. The van der Waals surface area contributed by atoms with Gasteiger partial charge >= 0.3 is 0 Å². The summed E-state index contributed by atoms with van der Waals surface area (Å²) in [5.74, 6) is 0.417. The summed E-state index contributed by atoms with van der Waals surface area (Å²) in [6.07, 6.45) is 2.10. The zero-order valence-electron chi connectivity index (χ0n) is 9.83. The molecule has 1 aromatic rings. The molecule has 3 unspecified atom stereocenters. The van der Waals surface area contributed by atoms with E-state index in [-0.39, 0.29) is 6.04 Å². The predicted octanol–water partition coefficient (Wildman–Crippen LogP) is 3.29. The number of benzene rings is 1. The minimum Gasteiger partial charge on any atom is -0.378 e. The fourth-order valence-electron chi connectivity index (χ4n) is 2.27. The molecule has 94 valence electrons. The highest BCUT2D eigenvalue weighted by molar-refractivity contribution is 6.33. The Kier molecular flexibility index (Phi) is 4.31. The Labute approximate surface area is 112 Å². The van der Waals surface area contributed by atoms with Gasteiger partial charge in [0.15, 0.2) is 0 Å². The first-order valence-corrected chi connectivity index (χ1v) is 6.63. The van der Waals surface area contributed by atoms with Gasteiger partial charge in [0.2, 0.25) is 0 Å². The molecule has 1 aromatic carbocycles. The Balaban J connectivity index is 2.02. The lowest BCUT2D eigenvalue weighted by atomic mass is 9.92. The van der Waals surface area contributed by atoms with Crippen LogP contribution in [0, 0.1) is 5.92 Å². The summed E-state index contributed by atoms with van der Waals surface area (Å²) in [6.45, 7) is 2.83. The number of rotatable bonds is 3. The second-order valence-corrected chi connectivity index (χ2v) is 5.59. The lowest BCUT2D eigenvalue weighted by molar-refractivity contribution is 0.118. The SMILES string of the molecule is CC1CC(C(N)Cc2cc(Cl)ccc2Cl)CO1. The average molecular weight is 274 g/mol. The first-order chi connectivity index (χ1) is 8.06. The summed E-state index contributed by atoms with van der Waals surface area (Å²) < 4.78 is 5.54. The molecule has 0 radical (unpaired) electrons. The minimum atomic E-state index is 0.0796. The highest BCUT2D eigenvalue weighted by Gasteiger charge is 2.27. The van der Waals surface area contributed by atoms with Gasteiger partial charge in [0.05, 0.1) is 12.7 Å². The fourth-order valence-corrected chi connectivity index (χ4v) is 2.66. The van der Waals surface area contributed by atoms with E-state index in [9.17, 15) is 0 Å². The van der Waals surface area contributed by atoms with E-state index in [0.717, 1.165) is 30.0 Å². The third kappa shape index (κ3) is 3.35. The van der Waals surface area contributed by atoms with Gasteiger partial charge in [0, 0.05) is 22.0 Å². The third-order valence-electron chi connectivity index (χ3n) is 3.30. The van der Waals surface area contributed by atoms with Gasteiger partial charge < -0.3 is 10.5 Å². The van der Waals surface area contributed by atoms with Crippen molar-refractivity contribution < 1.29 is 4.74 Å². The van der Waals surface area contributed by atoms with Crippen LogP contribution in [-0.4, -0.2) is 18.8 Å². The monoisotopic (exact) mass is 273 g/mol. The van der Waals surface area contributed by atoms with Gasteiger partial charge in [-0.1, -0.05) is 23.2 Å².